The van der Waals surface area contributed by atoms with Crippen LogP contribution in [0, 0.1) is 5.41 Å². The van der Waals surface area contributed by atoms with E-state index in [2.05, 4.69) is 11.6 Å². The van der Waals surface area contributed by atoms with Crippen LogP contribution in [0.15, 0.2) is 0 Å². The van der Waals surface area contributed by atoms with E-state index in [0.29, 0.717) is 0 Å². The highest BCUT2D eigenvalue weighted by Crippen LogP contribution is 2.54. The first-order chi connectivity index (χ1) is 5.44. The molecule has 0 bridgehead atoms. The van der Waals surface area contributed by atoms with Crippen molar-refractivity contribution >= 4 is 11.6 Å². The maximum absolute atomic E-state index is 12.1. The van der Waals surface area contributed by atoms with Gasteiger partial charge in [-0.1, -0.05) is 0 Å². The molecule has 0 aromatic carbocycles. The first kappa shape index (κ1) is 12.8. The lowest BCUT2D eigenvalue weighted by Crippen LogP contribution is -2.52. The van der Waals surface area contributed by atoms with Gasteiger partial charge in [0, 0.05) is 0 Å². The molecule has 0 N–H and O–H groups in total. The summed E-state index contributed by atoms with van der Waals surface area (Å²) in [6, 6.07) is 0. The first-order valence-electron chi connectivity index (χ1n) is 2.86. The van der Waals surface area contributed by atoms with Gasteiger partial charge in [-0.2, -0.15) is 22.0 Å². The van der Waals surface area contributed by atoms with Crippen LogP contribution < -0.4 is 0 Å². The lowest BCUT2D eigenvalue weighted by molar-refractivity contribution is -0.305. The molecule has 0 aromatic heterocycles. The van der Waals surface area contributed by atoms with Crippen molar-refractivity contribution in [3.05, 3.63) is 0 Å². The van der Waals surface area contributed by atoms with Crippen LogP contribution in [0.4, 0.5) is 30.7 Å². The molecular formula is C5H4ClF7. The van der Waals surface area contributed by atoms with Crippen LogP contribution in [0.25, 0.3) is 0 Å². The molecule has 0 amide bonds. The topological polar surface area (TPSA) is 0 Å². The summed E-state index contributed by atoms with van der Waals surface area (Å²) in [5.41, 5.74) is -4.53. The molecule has 0 fully saturated rings. The zero-order chi connectivity index (χ0) is 11.1. The minimum absolute atomic E-state index is 0.329. The Hall–Kier alpha value is -0.200. The maximum Gasteiger partial charge on any atom is 0.406 e. The molecule has 0 spiro atoms. The Bertz CT molecular complexity index is 164. The monoisotopic (exact) mass is 232 g/mol. The highest BCUT2D eigenvalue weighted by atomic mass is 35.5. The Morgan fingerprint density at radius 1 is 1.00 bits per heavy atom. The molecule has 0 heterocycles. The van der Waals surface area contributed by atoms with Crippen molar-refractivity contribution in [1.82, 2.24) is 0 Å². The third-order valence-corrected chi connectivity index (χ3v) is 2.01. The molecule has 0 nitrogen and oxygen atoms in total. The van der Waals surface area contributed by atoms with Crippen molar-refractivity contribution in [3.8, 4) is 0 Å². The van der Waals surface area contributed by atoms with E-state index in [9.17, 15) is 30.7 Å². The Kier molecular flexibility index (Phi) is 3.13. The molecular weight excluding hydrogens is 228 g/mol. The Morgan fingerprint density at radius 2 is 1.31 bits per heavy atom. The van der Waals surface area contributed by atoms with Gasteiger partial charge in [-0.05, 0) is 18.5 Å². The molecule has 0 saturated carbocycles. The van der Waals surface area contributed by atoms with Gasteiger partial charge in [-0.3, -0.25) is 0 Å². The number of alkyl halides is 8. The van der Waals surface area contributed by atoms with Crippen LogP contribution in [0.1, 0.15) is 6.92 Å². The van der Waals surface area contributed by atoms with Gasteiger partial charge in [-0.25, -0.2) is 8.78 Å². The predicted octanol–water partition coefficient (Wildman–Crippen LogP) is 3.65. The summed E-state index contributed by atoms with van der Waals surface area (Å²) in [5.74, 6) is 0. The van der Waals surface area contributed by atoms with Crippen molar-refractivity contribution in [1.29, 1.82) is 0 Å². The van der Waals surface area contributed by atoms with E-state index in [-0.39, 0.29) is 6.92 Å². The summed E-state index contributed by atoms with van der Waals surface area (Å²) in [4.78, 5) is 0. The van der Waals surface area contributed by atoms with Crippen molar-refractivity contribution in [2.75, 3.05) is 0 Å². The summed E-state index contributed by atoms with van der Waals surface area (Å²) in [6.45, 7) is -0.329. The third-order valence-electron chi connectivity index (χ3n) is 1.61. The molecule has 0 aromatic rings. The van der Waals surface area contributed by atoms with E-state index in [4.69, 9.17) is 0 Å². The second kappa shape index (κ2) is 3.18. The number of halogens is 8. The fraction of sp³-hybridized carbons (Fsp3) is 1.00. The molecule has 0 aliphatic carbocycles. The molecule has 0 saturated heterocycles. The predicted molar refractivity (Wildman–Crippen MR) is 31.0 cm³/mol. The first-order valence-corrected chi connectivity index (χ1v) is 3.24. The molecule has 1 unspecified atom stereocenters. The lowest BCUT2D eigenvalue weighted by Gasteiger charge is -2.33. The molecule has 0 aliphatic heterocycles. The number of hydrogen-bond donors (Lipinski definition) is 0. The molecule has 80 valence electrons. The smallest absolute Gasteiger partial charge is 0.209 e. The SMILES string of the molecule is CC(C(F)F)(C(F)(F)F)C(F)(F)Cl. The van der Waals surface area contributed by atoms with E-state index in [1.54, 1.807) is 0 Å². The van der Waals surface area contributed by atoms with Crippen molar-refractivity contribution in [3.63, 3.8) is 0 Å². The van der Waals surface area contributed by atoms with Crippen molar-refractivity contribution in [2.24, 2.45) is 5.41 Å². The standard InChI is InChI=1S/C5H4ClF7/c1-3(2(7)8,4(6,9)10)5(11,12)13/h2H,1H3. The molecule has 1 atom stereocenters. The second-order valence-electron chi connectivity index (χ2n) is 2.50. The zero-order valence-electron chi connectivity index (χ0n) is 6.10. The van der Waals surface area contributed by atoms with Gasteiger partial charge in [0.05, 0.1) is 0 Å². The fourth-order valence-electron chi connectivity index (χ4n) is 0.408. The van der Waals surface area contributed by atoms with E-state index >= 15 is 0 Å². The number of hydrogen-bond acceptors (Lipinski definition) is 0. The molecule has 0 radical (unpaired) electrons. The fourth-order valence-corrected chi connectivity index (χ4v) is 0.598. The van der Waals surface area contributed by atoms with Crippen molar-refractivity contribution < 1.29 is 30.7 Å². The zero-order valence-corrected chi connectivity index (χ0v) is 6.86. The maximum atomic E-state index is 12.1. The minimum Gasteiger partial charge on any atom is -0.209 e. The molecule has 13 heavy (non-hydrogen) atoms. The van der Waals surface area contributed by atoms with Gasteiger partial charge in [0.2, 0.25) is 5.41 Å². The van der Waals surface area contributed by atoms with E-state index in [0.717, 1.165) is 0 Å². The highest BCUT2D eigenvalue weighted by molar-refractivity contribution is 6.22. The number of rotatable bonds is 2. The van der Waals surface area contributed by atoms with E-state index in [1.807, 2.05) is 0 Å². The van der Waals surface area contributed by atoms with Crippen LogP contribution in [0.2, 0.25) is 0 Å². The second-order valence-corrected chi connectivity index (χ2v) is 2.97. The van der Waals surface area contributed by atoms with Crippen LogP contribution in [0.3, 0.4) is 0 Å². The Labute approximate surface area is 73.7 Å². The summed E-state index contributed by atoms with van der Waals surface area (Å²) >= 11 is 3.99. The molecule has 8 heteroatoms. The average Bonchev–Trinajstić information content (AvgIpc) is 1.80. The van der Waals surface area contributed by atoms with Gasteiger partial charge in [0.25, 0.3) is 6.43 Å². The Balaban J connectivity index is 5.22. The summed E-state index contributed by atoms with van der Waals surface area (Å²) in [6.07, 6.45) is -10.1. The van der Waals surface area contributed by atoms with E-state index < -0.39 is 23.4 Å². The largest absolute Gasteiger partial charge is 0.406 e. The lowest BCUT2D eigenvalue weighted by atomic mass is 9.90. The van der Waals surface area contributed by atoms with Gasteiger partial charge in [-0.15, -0.1) is 0 Å². The summed E-state index contributed by atoms with van der Waals surface area (Å²) in [7, 11) is 0. The Morgan fingerprint density at radius 3 is 1.31 bits per heavy atom. The quantitative estimate of drug-likeness (QED) is 0.504. The highest BCUT2D eigenvalue weighted by Gasteiger charge is 2.71. The molecule has 0 rings (SSSR count). The van der Waals surface area contributed by atoms with Crippen LogP contribution >= 0.6 is 11.6 Å². The van der Waals surface area contributed by atoms with Crippen LogP contribution in [0.5, 0.6) is 0 Å². The van der Waals surface area contributed by atoms with Gasteiger partial charge in [0.15, 0.2) is 0 Å². The molecule has 0 aliphatic rings. The minimum atomic E-state index is -5.77. The summed E-state index contributed by atoms with van der Waals surface area (Å²) in [5, 5.41) is -5.04. The third kappa shape index (κ3) is 2.00. The van der Waals surface area contributed by atoms with Gasteiger partial charge in [0.1, 0.15) is 0 Å². The van der Waals surface area contributed by atoms with Gasteiger partial charge < -0.3 is 0 Å². The van der Waals surface area contributed by atoms with Crippen LogP contribution in [-0.2, 0) is 0 Å². The average molecular weight is 233 g/mol. The van der Waals surface area contributed by atoms with Gasteiger partial charge >= 0.3 is 11.6 Å². The van der Waals surface area contributed by atoms with E-state index in [1.165, 1.54) is 0 Å². The van der Waals surface area contributed by atoms with Crippen LogP contribution in [-0.4, -0.2) is 18.0 Å². The summed E-state index contributed by atoms with van der Waals surface area (Å²) < 4.78 is 83.2. The van der Waals surface area contributed by atoms with Crippen molar-refractivity contribution in [2.45, 2.75) is 24.9 Å². The normalized spacial score (nSPS) is 18.9.